The van der Waals surface area contributed by atoms with Crippen molar-refractivity contribution in [2.45, 2.75) is 62.2 Å². The molecule has 2 aromatic carbocycles. The molecule has 38 heavy (non-hydrogen) atoms. The van der Waals surface area contributed by atoms with Crippen LogP contribution in [0.1, 0.15) is 66.9 Å². The van der Waals surface area contributed by atoms with E-state index in [1.54, 1.807) is 6.07 Å². The summed E-state index contributed by atoms with van der Waals surface area (Å²) in [5.41, 5.74) is 1.37. The summed E-state index contributed by atoms with van der Waals surface area (Å²) < 4.78 is 102. The number of fused-ring (bicyclic) bond motifs is 1. The summed E-state index contributed by atoms with van der Waals surface area (Å²) in [5, 5.41) is 0. The van der Waals surface area contributed by atoms with Crippen LogP contribution in [0, 0.1) is 35.0 Å². The number of aryl methyl sites for hydroxylation is 2. The molecule has 0 aliphatic heterocycles. The van der Waals surface area contributed by atoms with E-state index in [0.29, 0.717) is 23.3 Å². The van der Waals surface area contributed by atoms with E-state index in [1.807, 2.05) is 10.8 Å². The predicted molar refractivity (Wildman–Crippen MR) is 129 cm³/mol. The van der Waals surface area contributed by atoms with E-state index >= 15 is 0 Å². The van der Waals surface area contributed by atoms with Gasteiger partial charge in [-0.25, -0.2) is 35.2 Å². The molecule has 0 saturated heterocycles. The average Bonchev–Trinajstić information content (AvgIpc) is 3.69. The van der Waals surface area contributed by atoms with Crippen molar-refractivity contribution in [3.8, 4) is 0 Å². The Bertz CT molecular complexity index is 1540. The molecule has 1 fully saturated rings. The van der Waals surface area contributed by atoms with Gasteiger partial charge >= 0.3 is 5.63 Å². The third kappa shape index (κ3) is 4.95. The Morgan fingerprint density at radius 3 is 2.13 bits per heavy atom. The number of sulfonamides is 1. The van der Waals surface area contributed by atoms with Crippen molar-refractivity contribution in [2.24, 2.45) is 5.92 Å². The number of anilines is 1. The van der Waals surface area contributed by atoms with Gasteiger partial charge in [0.25, 0.3) is 10.0 Å². The number of nitrogens with one attached hydrogen (secondary N) is 1. The zero-order chi connectivity index (χ0) is 27.2. The number of rotatable bonds is 6. The van der Waals surface area contributed by atoms with Crippen molar-refractivity contribution in [3.05, 3.63) is 92.3 Å². The Hall–Kier alpha value is -3.21. The van der Waals surface area contributed by atoms with Crippen LogP contribution in [0.5, 0.6) is 0 Å². The van der Waals surface area contributed by atoms with Crippen LogP contribution in [-0.4, -0.2) is 8.42 Å². The first-order chi connectivity index (χ1) is 18.1. The first-order valence-electron chi connectivity index (χ1n) is 12.4. The summed E-state index contributed by atoms with van der Waals surface area (Å²) in [6.07, 6.45) is 7.22. The Kier molecular flexibility index (Phi) is 7.06. The summed E-state index contributed by atoms with van der Waals surface area (Å²) in [7, 11) is -5.20. The molecule has 1 aromatic heterocycles. The van der Waals surface area contributed by atoms with Gasteiger partial charge < -0.3 is 4.42 Å². The molecule has 0 amide bonds. The molecule has 1 N–H and O–H groups in total. The van der Waals surface area contributed by atoms with Crippen LogP contribution in [0.3, 0.4) is 0 Å². The molecule has 0 spiro atoms. The minimum atomic E-state index is -5.20. The van der Waals surface area contributed by atoms with Crippen LogP contribution in [0.25, 0.3) is 0 Å². The van der Waals surface area contributed by atoms with Crippen molar-refractivity contribution < 1.29 is 34.8 Å². The monoisotopic (exact) mass is 553 g/mol. The van der Waals surface area contributed by atoms with E-state index in [0.717, 1.165) is 50.5 Å². The SMILES string of the molecule is O=c1oc2c(cc1C(c1cccc(NS(=O)(=O)c3c(F)c(F)c(F)c(F)c3F)c1)C1CC1)CCCCCC2. The standard InChI is InChI=1S/C27H24F5NO4S/c28-21-22(29)24(31)26(25(32)23(21)30)38(35,36)33-17-8-5-7-16(12-17)20(14-10-11-14)18-13-15-6-3-1-2-4-9-19(15)37-27(18)34/h5,7-8,12-14,20,33H,1-4,6,9-11H2. The molecule has 5 rings (SSSR count). The highest BCUT2D eigenvalue weighted by molar-refractivity contribution is 7.92. The summed E-state index contributed by atoms with van der Waals surface area (Å²) in [4.78, 5) is 11.1. The highest BCUT2D eigenvalue weighted by Crippen LogP contribution is 2.46. The van der Waals surface area contributed by atoms with Gasteiger partial charge in [0.2, 0.25) is 5.82 Å². The second kappa shape index (κ2) is 10.2. The minimum Gasteiger partial charge on any atom is -0.427 e. The maximum Gasteiger partial charge on any atom is 0.339 e. The van der Waals surface area contributed by atoms with E-state index in [4.69, 9.17) is 4.42 Å². The normalized spacial score (nSPS) is 16.9. The lowest BCUT2D eigenvalue weighted by Gasteiger charge is -2.20. The Labute approximate surface area is 215 Å². The lowest BCUT2D eigenvalue weighted by Crippen LogP contribution is -2.20. The quantitative estimate of drug-likeness (QED) is 0.220. The number of halogens is 5. The van der Waals surface area contributed by atoms with Gasteiger partial charge in [0.1, 0.15) is 5.76 Å². The molecule has 1 saturated carbocycles. The molecule has 11 heteroatoms. The molecule has 2 aliphatic rings. The zero-order valence-corrected chi connectivity index (χ0v) is 20.9. The molecular formula is C27H24F5NO4S. The third-order valence-electron chi connectivity index (χ3n) is 7.10. The second-order valence-corrected chi connectivity index (χ2v) is 11.4. The summed E-state index contributed by atoms with van der Waals surface area (Å²) >= 11 is 0. The first kappa shape index (κ1) is 26.4. The van der Waals surface area contributed by atoms with Crippen molar-refractivity contribution in [1.29, 1.82) is 0 Å². The van der Waals surface area contributed by atoms with E-state index in [9.17, 15) is 35.2 Å². The van der Waals surface area contributed by atoms with E-state index in [2.05, 4.69) is 0 Å². The van der Waals surface area contributed by atoms with Gasteiger partial charge in [0, 0.05) is 23.6 Å². The van der Waals surface area contributed by atoms with Gasteiger partial charge in [-0.15, -0.1) is 0 Å². The number of hydrogen-bond donors (Lipinski definition) is 1. The van der Waals surface area contributed by atoms with Crippen LogP contribution in [0.4, 0.5) is 27.6 Å². The van der Waals surface area contributed by atoms with Crippen molar-refractivity contribution >= 4 is 15.7 Å². The highest BCUT2D eigenvalue weighted by Gasteiger charge is 2.37. The fourth-order valence-electron chi connectivity index (χ4n) is 5.12. The molecular weight excluding hydrogens is 529 g/mol. The van der Waals surface area contributed by atoms with Crippen LogP contribution < -0.4 is 10.3 Å². The third-order valence-corrected chi connectivity index (χ3v) is 8.50. The minimum absolute atomic E-state index is 0.103. The molecule has 1 unspecified atom stereocenters. The topological polar surface area (TPSA) is 76.4 Å². The van der Waals surface area contributed by atoms with Crippen LogP contribution in [-0.2, 0) is 22.9 Å². The first-order valence-corrected chi connectivity index (χ1v) is 13.9. The maximum absolute atomic E-state index is 14.2. The molecule has 0 radical (unpaired) electrons. The van der Waals surface area contributed by atoms with Crippen molar-refractivity contribution in [2.75, 3.05) is 4.72 Å². The van der Waals surface area contributed by atoms with Crippen LogP contribution in [0.2, 0.25) is 0 Å². The molecule has 202 valence electrons. The van der Waals surface area contributed by atoms with Crippen molar-refractivity contribution in [1.82, 2.24) is 0 Å². The van der Waals surface area contributed by atoms with Crippen LogP contribution in [0.15, 0.2) is 44.4 Å². The molecule has 0 bridgehead atoms. The predicted octanol–water partition coefficient (Wildman–Crippen LogP) is 6.34. The average molecular weight is 554 g/mol. The smallest absolute Gasteiger partial charge is 0.339 e. The molecule has 3 aromatic rings. The Balaban J connectivity index is 1.52. The summed E-state index contributed by atoms with van der Waals surface area (Å²) in [5.74, 6) is -11.7. The second-order valence-electron chi connectivity index (χ2n) is 9.80. The molecule has 2 aliphatic carbocycles. The number of hydrogen-bond acceptors (Lipinski definition) is 4. The Morgan fingerprint density at radius 2 is 1.47 bits per heavy atom. The fraction of sp³-hybridized carbons (Fsp3) is 0.370. The summed E-state index contributed by atoms with van der Waals surface area (Å²) in [6, 6.07) is 7.72. The Morgan fingerprint density at radius 1 is 0.842 bits per heavy atom. The lowest BCUT2D eigenvalue weighted by atomic mass is 9.86. The zero-order valence-electron chi connectivity index (χ0n) is 20.1. The van der Waals surface area contributed by atoms with Gasteiger partial charge in [-0.2, -0.15) is 0 Å². The van der Waals surface area contributed by atoms with Gasteiger partial charge in [-0.05, 0) is 67.3 Å². The molecule has 5 nitrogen and oxygen atoms in total. The largest absolute Gasteiger partial charge is 0.427 e. The molecule has 1 heterocycles. The van der Waals surface area contributed by atoms with E-state index in [-0.39, 0.29) is 11.6 Å². The molecule has 1 atom stereocenters. The maximum atomic E-state index is 14.2. The van der Waals surface area contributed by atoms with Gasteiger partial charge in [0.15, 0.2) is 28.2 Å². The summed E-state index contributed by atoms with van der Waals surface area (Å²) in [6.45, 7) is 0. The number of benzene rings is 2. The van der Waals surface area contributed by atoms with E-state index in [1.165, 1.54) is 18.2 Å². The lowest BCUT2D eigenvalue weighted by molar-refractivity contribution is 0.358. The van der Waals surface area contributed by atoms with Gasteiger partial charge in [0.05, 0.1) is 0 Å². The van der Waals surface area contributed by atoms with Gasteiger partial charge in [-0.3, -0.25) is 4.72 Å². The van der Waals surface area contributed by atoms with Crippen LogP contribution >= 0.6 is 0 Å². The van der Waals surface area contributed by atoms with Gasteiger partial charge in [-0.1, -0.05) is 25.0 Å². The fourth-order valence-corrected chi connectivity index (χ4v) is 6.31. The highest BCUT2D eigenvalue weighted by atomic mass is 32.2. The van der Waals surface area contributed by atoms with E-state index < -0.39 is 55.5 Å². The van der Waals surface area contributed by atoms with Crippen molar-refractivity contribution in [3.63, 3.8) is 0 Å².